The third-order valence-corrected chi connectivity index (χ3v) is 4.43. The number of allylic oxidation sites excluding steroid dienone is 2. The van der Waals surface area contributed by atoms with E-state index in [9.17, 15) is 4.79 Å². The molecule has 0 amide bonds. The van der Waals surface area contributed by atoms with Crippen molar-refractivity contribution in [3.05, 3.63) is 12.2 Å². The van der Waals surface area contributed by atoms with Gasteiger partial charge < -0.3 is 4.74 Å². The molecule has 1 aliphatic heterocycles. The lowest BCUT2D eigenvalue weighted by Gasteiger charge is -2.35. The molecule has 0 saturated carbocycles. The van der Waals surface area contributed by atoms with E-state index in [4.69, 9.17) is 4.74 Å². The van der Waals surface area contributed by atoms with Gasteiger partial charge >= 0.3 is 5.97 Å². The van der Waals surface area contributed by atoms with Crippen LogP contribution in [0.15, 0.2) is 12.2 Å². The van der Waals surface area contributed by atoms with Crippen molar-refractivity contribution in [2.45, 2.75) is 83.2 Å². The Hall–Kier alpha value is -0.790. The molecule has 2 atom stereocenters. The second kappa shape index (κ2) is 8.39. The van der Waals surface area contributed by atoms with Gasteiger partial charge in [0.15, 0.2) is 0 Å². The lowest BCUT2D eigenvalue weighted by Crippen LogP contribution is -2.44. The Morgan fingerprint density at radius 3 is 2.11 bits per heavy atom. The molecule has 1 aliphatic carbocycles. The molecule has 0 aromatic carbocycles. The Balaban J connectivity index is 1.73. The van der Waals surface area contributed by atoms with Gasteiger partial charge in [0.25, 0.3) is 0 Å². The summed E-state index contributed by atoms with van der Waals surface area (Å²) in [6.07, 6.45) is 19.8. The molecule has 0 N–H and O–H groups in total. The van der Waals surface area contributed by atoms with Crippen molar-refractivity contribution >= 4 is 5.97 Å². The summed E-state index contributed by atoms with van der Waals surface area (Å²) < 4.78 is 5.30. The molecule has 1 saturated heterocycles. The Morgan fingerprint density at radius 1 is 0.789 bits per heavy atom. The van der Waals surface area contributed by atoms with E-state index in [1.807, 2.05) is 0 Å². The van der Waals surface area contributed by atoms with Gasteiger partial charge in [-0.25, -0.2) is 0 Å². The van der Waals surface area contributed by atoms with Gasteiger partial charge in [0, 0.05) is 0 Å². The molecule has 0 spiro atoms. The number of carbonyl (C=O) groups excluding carboxylic acids is 1. The van der Waals surface area contributed by atoms with Crippen LogP contribution in [0.4, 0.5) is 0 Å². The van der Waals surface area contributed by atoms with E-state index in [1.165, 1.54) is 64.2 Å². The van der Waals surface area contributed by atoms with Gasteiger partial charge in [-0.2, -0.15) is 0 Å². The Labute approximate surface area is 117 Å². The number of hydrogen-bond acceptors (Lipinski definition) is 2. The van der Waals surface area contributed by atoms with Crippen molar-refractivity contribution in [2.24, 2.45) is 5.92 Å². The quantitative estimate of drug-likeness (QED) is 0.465. The summed E-state index contributed by atoms with van der Waals surface area (Å²) in [5.41, 5.74) is 0. The summed E-state index contributed by atoms with van der Waals surface area (Å²) in [7, 11) is 0. The maximum atomic E-state index is 11.5. The first-order chi connectivity index (χ1) is 9.38. The highest BCUT2D eigenvalue weighted by atomic mass is 16.6. The normalized spacial score (nSPS) is 31.1. The number of rotatable bonds is 0. The van der Waals surface area contributed by atoms with E-state index >= 15 is 0 Å². The molecule has 1 fully saturated rings. The Morgan fingerprint density at radius 2 is 1.37 bits per heavy atom. The van der Waals surface area contributed by atoms with Gasteiger partial charge in [-0.3, -0.25) is 4.79 Å². The molecule has 2 heteroatoms. The lowest BCUT2D eigenvalue weighted by molar-refractivity contribution is -0.186. The van der Waals surface area contributed by atoms with Crippen molar-refractivity contribution in [3.8, 4) is 0 Å². The zero-order chi connectivity index (χ0) is 13.3. The van der Waals surface area contributed by atoms with Crippen molar-refractivity contribution in [2.75, 3.05) is 0 Å². The van der Waals surface area contributed by atoms with Crippen LogP contribution in [0.5, 0.6) is 0 Å². The van der Waals surface area contributed by atoms with Gasteiger partial charge in [0.05, 0.1) is 5.92 Å². The molecule has 2 unspecified atom stereocenters. The van der Waals surface area contributed by atoms with Gasteiger partial charge in [0.1, 0.15) is 6.10 Å². The van der Waals surface area contributed by atoms with E-state index in [0.29, 0.717) is 0 Å². The molecule has 0 aromatic rings. The monoisotopic (exact) mass is 264 g/mol. The number of carbonyl (C=O) groups is 1. The maximum absolute atomic E-state index is 11.5. The zero-order valence-corrected chi connectivity index (χ0v) is 12.1. The molecule has 1 heterocycles. The van der Waals surface area contributed by atoms with Gasteiger partial charge in [-0.1, -0.05) is 44.3 Å². The van der Waals surface area contributed by atoms with Crippen LogP contribution >= 0.6 is 0 Å². The van der Waals surface area contributed by atoms with E-state index in [2.05, 4.69) is 12.2 Å². The first kappa shape index (κ1) is 14.6. The van der Waals surface area contributed by atoms with Crippen LogP contribution in [0.25, 0.3) is 0 Å². The fraction of sp³-hybridized carbons (Fsp3) is 0.824. The van der Waals surface area contributed by atoms with Crippen molar-refractivity contribution in [3.63, 3.8) is 0 Å². The summed E-state index contributed by atoms with van der Waals surface area (Å²) in [5, 5.41) is 0. The van der Waals surface area contributed by atoms with Crippen LogP contribution in [0.3, 0.4) is 0 Å². The molecular weight excluding hydrogens is 236 g/mol. The number of fused-ring (bicyclic) bond motifs is 1. The van der Waals surface area contributed by atoms with Crippen molar-refractivity contribution in [1.82, 2.24) is 0 Å². The highest BCUT2D eigenvalue weighted by molar-refractivity contribution is 5.78. The molecule has 0 radical (unpaired) electrons. The lowest BCUT2D eigenvalue weighted by atomic mass is 9.87. The fourth-order valence-electron chi connectivity index (χ4n) is 3.14. The minimum atomic E-state index is 0.0611. The molecule has 0 bridgehead atoms. The second-order valence-electron chi connectivity index (χ2n) is 6.04. The predicted octanol–water partition coefficient (Wildman–Crippen LogP) is 4.78. The summed E-state index contributed by atoms with van der Waals surface area (Å²) in [6, 6.07) is 0. The van der Waals surface area contributed by atoms with Crippen LogP contribution in [0, 0.1) is 5.92 Å². The number of hydrogen-bond donors (Lipinski definition) is 0. The average Bonchev–Trinajstić information content (AvgIpc) is 2.40. The molecule has 0 aromatic heterocycles. The molecule has 108 valence electrons. The first-order valence-electron chi connectivity index (χ1n) is 8.23. The number of ether oxygens (including phenoxy) is 1. The van der Waals surface area contributed by atoms with E-state index in [1.54, 1.807) is 0 Å². The first-order valence-corrected chi connectivity index (χ1v) is 8.23. The predicted molar refractivity (Wildman–Crippen MR) is 77.9 cm³/mol. The van der Waals surface area contributed by atoms with Gasteiger partial charge in [-0.05, 0) is 44.9 Å². The highest BCUT2D eigenvalue weighted by Gasteiger charge is 2.40. The topological polar surface area (TPSA) is 26.3 Å². The molecular formula is C17H28O2. The standard InChI is InChI=1S/C17H28O2/c18-17-15-13-11-9-7-5-3-1-2-4-6-8-10-12-14-16(15)19-17/h1,3,15-16H,2,4-14H2. The smallest absolute Gasteiger partial charge is 0.313 e. The molecule has 2 rings (SSSR count). The number of esters is 1. The third kappa shape index (κ3) is 5.00. The fourth-order valence-corrected chi connectivity index (χ4v) is 3.14. The molecule has 19 heavy (non-hydrogen) atoms. The largest absolute Gasteiger partial charge is 0.461 e. The van der Waals surface area contributed by atoms with Gasteiger partial charge in [0.2, 0.25) is 0 Å². The minimum Gasteiger partial charge on any atom is -0.461 e. The zero-order valence-electron chi connectivity index (χ0n) is 12.1. The van der Waals surface area contributed by atoms with Gasteiger partial charge in [-0.15, -0.1) is 0 Å². The molecule has 2 aliphatic rings. The molecule has 2 nitrogen and oxygen atoms in total. The van der Waals surface area contributed by atoms with E-state index in [-0.39, 0.29) is 18.0 Å². The Kier molecular flexibility index (Phi) is 6.46. The summed E-state index contributed by atoms with van der Waals surface area (Å²) >= 11 is 0. The van der Waals surface area contributed by atoms with Crippen LogP contribution in [0.1, 0.15) is 77.0 Å². The SMILES string of the molecule is O=C1OC2CCCCCCCC=CCCCCCC12. The van der Waals surface area contributed by atoms with Crippen LogP contribution in [-0.4, -0.2) is 12.1 Å². The average molecular weight is 264 g/mol. The maximum Gasteiger partial charge on any atom is 0.313 e. The summed E-state index contributed by atoms with van der Waals surface area (Å²) in [5.74, 6) is 0.287. The highest BCUT2D eigenvalue weighted by Crippen LogP contribution is 2.31. The summed E-state index contributed by atoms with van der Waals surface area (Å²) in [6.45, 7) is 0. The van der Waals surface area contributed by atoms with Crippen LogP contribution in [-0.2, 0) is 9.53 Å². The third-order valence-electron chi connectivity index (χ3n) is 4.43. The van der Waals surface area contributed by atoms with Crippen LogP contribution in [0.2, 0.25) is 0 Å². The van der Waals surface area contributed by atoms with Crippen LogP contribution < -0.4 is 0 Å². The van der Waals surface area contributed by atoms with Crippen molar-refractivity contribution < 1.29 is 9.53 Å². The van der Waals surface area contributed by atoms with E-state index < -0.39 is 0 Å². The minimum absolute atomic E-state index is 0.0611. The van der Waals surface area contributed by atoms with Crippen molar-refractivity contribution in [1.29, 1.82) is 0 Å². The summed E-state index contributed by atoms with van der Waals surface area (Å²) in [4.78, 5) is 11.5. The second-order valence-corrected chi connectivity index (χ2v) is 6.04. The van der Waals surface area contributed by atoms with E-state index in [0.717, 1.165) is 12.8 Å². The Bertz CT molecular complexity index is 296.